The van der Waals surface area contributed by atoms with E-state index in [1.54, 1.807) is 6.07 Å². The van der Waals surface area contributed by atoms with Gasteiger partial charge in [0.1, 0.15) is 6.04 Å². The molecule has 6 nitrogen and oxygen atoms in total. The number of amides is 1. The summed E-state index contributed by atoms with van der Waals surface area (Å²) in [6.07, 6.45) is 0.768. The third-order valence-electron chi connectivity index (χ3n) is 3.03. The Balaban J connectivity index is 2.71. The number of carboxylic acids is 1. The second-order valence-corrected chi connectivity index (χ2v) is 5.69. The highest BCUT2D eigenvalue weighted by molar-refractivity contribution is 7.14. The van der Waals surface area contributed by atoms with Crippen molar-refractivity contribution in [1.82, 2.24) is 5.32 Å². The van der Waals surface area contributed by atoms with E-state index in [1.807, 2.05) is 13.8 Å². The molecule has 0 spiro atoms. The predicted molar refractivity (Wildman–Crippen MR) is 78.6 cm³/mol. The van der Waals surface area contributed by atoms with E-state index >= 15 is 0 Å². The van der Waals surface area contributed by atoms with Crippen molar-refractivity contribution in [3.8, 4) is 0 Å². The predicted octanol–water partition coefficient (Wildman–Crippen LogP) is 1.76. The standard InChI is InChI=1S/C14H19NO5S/c1-4-10-8(2)7-11(21-10)13(17)15-9(14(18)19)5-6-12(16)20-3/h7,9H,4-6H2,1-3H3,(H,15,17)(H,18,19). The molecule has 7 heteroatoms. The number of thiophene rings is 1. The van der Waals surface area contributed by atoms with Crippen molar-refractivity contribution in [1.29, 1.82) is 0 Å². The fourth-order valence-corrected chi connectivity index (χ4v) is 2.85. The van der Waals surface area contributed by atoms with Crippen molar-refractivity contribution < 1.29 is 24.2 Å². The highest BCUT2D eigenvalue weighted by Crippen LogP contribution is 2.22. The zero-order valence-corrected chi connectivity index (χ0v) is 13.1. The van der Waals surface area contributed by atoms with Crippen LogP contribution in [0.15, 0.2) is 6.07 Å². The summed E-state index contributed by atoms with van der Waals surface area (Å²) < 4.78 is 4.46. The van der Waals surface area contributed by atoms with Crippen molar-refractivity contribution in [2.75, 3.05) is 7.11 Å². The van der Waals surface area contributed by atoms with Gasteiger partial charge in [-0.3, -0.25) is 9.59 Å². The Morgan fingerprint density at radius 2 is 2.10 bits per heavy atom. The third kappa shape index (κ3) is 4.86. The number of ether oxygens (including phenoxy) is 1. The monoisotopic (exact) mass is 313 g/mol. The van der Waals surface area contributed by atoms with Gasteiger partial charge < -0.3 is 15.2 Å². The summed E-state index contributed by atoms with van der Waals surface area (Å²) in [5.74, 6) is -2.10. The van der Waals surface area contributed by atoms with E-state index in [0.717, 1.165) is 16.9 Å². The Morgan fingerprint density at radius 3 is 2.57 bits per heavy atom. The van der Waals surface area contributed by atoms with E-state index in [1.165, 1.54) is 18.4 Å². The molecule has 1 aromatic heterocycles. The number of hydrogen-bond acceptors (Lipinski definition) is 5. The first kappa shape index (κ1) is 17.2. The lowest BCUT2D eigenvalue weighted by atomic mass is 10.1. The number of aryl methyl sites for hydroxylation is 2. The summed E-state index contributed by atoms with van der Waals surface area (Å²) in [5.41, 5.74) is 1.02. The summed E-state index contributed by atoms with van der Waals surface area (Å²) >= 11 is 1.35. The number of nitrogens with one attached hydrogen (secondary N) is 1. The van der Waals surface area contributed by atoms with Gasteiger partial charge in [0, 0.05) is 11.3 Å². The number of hydrogen-bond donors (Lipinski definition) is 2. The molecule has 0 fully saturated rings. The molecule has 0 saturated carbocycles. The zero-order valence-electron chi connectivity index (χ0n) is 12.3. The molecule has 0 aromatic carbocycles. The quantitative estimate of drug-likeness (QED) is 0.748. The van der Waals surface area contributed by atoms with E-state index in [4.69, 9.17) is 5.11 Å². The van der Waals surface area contributed by atoms with E-state index in [0.29, 0.717) is 4.88 Å². The van der Waals surface area contributed by atoms with Gasteiger partial charge >= 0.3 is 11.9 Å². The van der Waals surface area contributed by atoms with Crippen molar-refractivity contribution in [2.45, 2.75) is 39.2 Å². The van der Waals surface area contributed by atoms with E-state index < -0.39 is 23.9 Å². The van der Waals surface area contributed by atoms with Gasteiger partial charge in [-0.05, 0) is 31.4 Å². The van der Waals surface area contributed by atoms with Crippen LogP contribution in [0.1, 0.15) is 39.9 Å². The number of rotatable bonds is 7. The highest BCUT2D eigenvalue weighted by atomic mass is 32.1. The number of esters is 1. The maximum atomic E-state index is 12.1. The molecule has 21 heavy (non-hydrogen) atoms. The molecule has 0 saturated heterocycles. The summed E-state index contributed by atoms with van der Waals surface area (Å²) in [7, 11) is 1.23. The van der Waals surface area contributed by atoms with Crippen LogP contribution in [0.4, 0.5) is 0 Å². The summed E-state index contributed by atoms with van der Waals surface area (Å²) in [6.45, 7) is 3.91. The van der Waals surface area contributed by atoms with Gasteiger partial charge in [-0.25, -0.2) is 4.79 Å². The summed E-state index contributed by atoms with van der Waals surface area (Å²) in [6, 6.07) is 0.641. The highest BCUT2D eigenvalue weighted by Gasteiger charge is 2.23. The molecule has 1 atom stereocenters. The third-order valence-corrected chi connectivity index (χ3v) is 4.41. The van der Waals surface area contributed by atoms with Gasteiger partial charge in [0.15, 0.2) is 0 Å². The van der Waals surface area contributed by atoms with Crippen LogP contribution in [0.25, 0.3) is 0 Å². The van der Waals surface area contributed by atoms with Crippen LogP contribution in [0.2, 0.25) is 0 Å². The molecule has 116 valence electrons. The fourth-order valence-electron chi connectivity index (χ4n) is 1.83. The Kier molecular flexibility index (Phi) is 6.36. The van der Waals surface area contributed by atoms with Crippen LogP contribution >= 0.6 is 11.3 Å². The van der Waals surface area contributed by atoms with E-state index in [9.17, 15) is 14.4 Å². The van der Waals surface area contributed by atoms with Crippen LogP contribution in [0.5, 0.6) is 0 Å². The van der Waals surface area contributed by atoms with Gasteiger partial charge in [-0.15, -0.1) is 11.3 Å². The minimum absolute atomic E-state index is 0.00125. The van der Waals surface area contributed by atoms with Crippen molar-refractivity contribution >= 4 is 29.2 Å². The minimum atomic E-state index is -1.17. The number of methoxy groups -OCH3 is 1. The van der Waals surface area contributed by atoms with Gasteiger partial charge in [0.05, 0.1) is 12.0 Å². The molecule has 1 rings (SSSR count). The second-order valence-electron chi connectivity index (χ2n) is 4.55. The molecule has 0 aliphatic heterocycles. The van der Waals surface area contributed by atoms with Crippen LogP contribution in [0.3, 0.4) is 0 Å². The molecule has 1 heterocycles. The molecule has 0 bridgehead atoms. The maximum absolute atomic E-state index is 12.1. The molecule has 1 unspecified atom stereocenters. The lowest BCUT2D eigenvalue weighted by molar-refractivity contribution is -0.142. The Hall–Kier alpha value is -1.89. The lowest BCUT2D eigenvalue weighted by Gasteiger charge is -2.13. The van der Waals surface area contributed by atoms with E-state index in [2.05, 4.69) is 10.1 Å². The van der Waals surface area contributed by atoms with Crippen molar-refractivity contribution in [3.05, 3.63) is 21.4 Å². The Bertz CT molecular complexity index is 537. The fraction of sp³-hybridized carbons (Fsp3) is 0.500. The average Bonchev–Trinajstić information content (AvgIpc) is 2.83. The smallest absolute Gasteiger partial charge is 0.326 e. The average molecular weight is 313 g/mol. The van der Waals surface area contributed by atoms with Crippen LogP contribution in [-0.2, 0) is 20.7 Å². The number of carbonyl (C=O) groups excluding carboxylic acids is 2. The molecule has 0 aliphatic carbocycles. The van der Waals surface area contributed by atoms with Crippen LogP contribution < -0.4 is 5.32 Å². The van der Waals surface area contributed by atoms with Crippen molar-refractivity contribution in [2.24, 2.45) is 0 Å². The van der Waals surface area contributed by atoms with E-state index in [-0.39, 0.29) is 12.8 Å². The first-order valence-electron chi connectivity index (χ1n) is 6.58. The SMILES string of the molecule is CCc1sc(C(=O)NC(CCC(=O)OC)C(=O)O)cc1C. The molecule has 0 radical (unpaired) electrons. The minimum Gasteiger partial charge on any atom is -0.480 e. The van der Waals surface area contributed by atoms with Crippen molar-refractivity contribution in [3.63, 3.8) is 0 Å². The molecular weight excluding hydrogens is 294 g/mol. The molecule has 2 N–H and O–H groups in total. The molecule has 1 aromatic rings. The molecule has 0 aliphatic rings. The number of carbonyl (C=O) groups is 3. The largest absolute Gasteiger partial charge is 0.480 e. The Labute approximate surface area is 127 Å². The number of carboxylic acid groups (broad SMARTS) is 1. The van der Waals surface area contributed by atoms with Crippen LogP contribution in [0, 0.1) is 6.92 Å². The van der Waals surface area contributed by atoms with Gasteiger partial charge in [-0.1, -0.05) is 6.92 Å². The summed E-state index contributed by atoms with van der Waals surface area (Å²) in [5, 5.41) is 11.5. The lowest BCUT2D eigenvalue weighted by Crippen LogP contribution is -2.40. The summed E-state index contributed by atoms with van der Waals surface area (Å²) in [4.78, 5) is 35.8. The molecule has 1 amide bonds. The van der Waals surface area contributed by atoms with Gasteiger partial charge in [0.25, 0.3) is 5.91 Å². The first-order valence-corrected chi connectivity index (χ1v) is 7.40. The first-order chi connectivity index (χ1) is 9.88. The molecular formula is C14H19NO5S. The zero-order chi connectivity index (χ0) is 16.0. The normalized spacial score (nSPS) is 11.8. The topological polar surface area (TPSA) is 92.7 Å². The maximum Gasteiger partial charge on any atom is 0.326 e. The Morgan fingerprint density at radius 1 is 1.43 bits per heavy atom. The number of aliphatic carboxylic acids is 1. The van der Waals surface area contributed by atoms with Crippen LogP contribution in [-0.4, -0.2) is 36.1 Å². The van der Waals surface area contributed by atoms with Gasteiger partial charge in [0.2, 0.25) is 0 Å². The second kappa shape index (κ2) is 7.78. The van der Waals surface area contributed by atoms with Gasteiger partial charge in [-0.2, -0.15) is 0 Å².